The Morgan fingerprint density at radius 3 is 2.42 bits per heavy atom. The lowest BCUT2D eigenvalue weighted by Gasteiger charge is -2.25. The van der Waals surface area contributed by atoms with Crippen molar-refractivity contribution in [1.82, 2.24) is 20.1 Å². The van der Waals surface area contributed by atoms with Gasteiger partial charge in [0, 0.05) is 18.0 Å². The van der Waals surface area contributed by atoms with Crippen molar-refractivity contribution < 1.29 is 0 Å². The Bertz CT molecular complexity index is 975. The maximum atomic E-state index is 12.9. The fourth-order valence-electron chi connectivity index (χ4n) is 3.50. The third-order valence-corrected chi connectivity index (χ3v) is 5.50. The Morgan fingerprint density at radius 2 is 1.73 bits per heavy atom. The Labute approximate surface area is 161 Å². The molecule has 2 aromatic heterocycles. The lowest BCUT2D eigenvalue weighted by atomic mass is 10.0. The van der Waals surface area contributed by atoms with E-state index in [0.717, 1.165) is 42.8 Å². The number of nitrogens with one attached hydrogen (secondary N) is 2. The summed E-state index contributed by atoms with van der Waals surface area (Å²) in [7, 11) is 0. The summed E-state index contributed by atoms with van der Waals surface area (Å²) in [4.78, 5) is 17.0. The van der Waals surface area contributed by atoms with E-state index in [2.05, 4.69) is 15.4 Å². The first kappa shape index (κ1) is 17.3. The van der Waals surface area contributed by atoms with Gasteiger partial charge in [-0.2, -0.15) is 0 Å². The Balaban J connectivity index is 1.94. The van der Waals surface area contributed by atoms with E-state index in [1.165, 1.54) is 0 Å². The predicted molar refractivity (Wildman–Crippen MR) is 105 cm³/mol. The van der Waals surface area contributed by atoms with Crippen molar-refractivity contribution in [2.45, 2.75) is 18.9 Å². The van der Waals surface area contributed by atoms with E-state index in [1.54, 1.807) is 24.5 Å². The number of hydrogen-bond acceptors (Lipinski definition) is 3. The van der Waals surface area contributed by atoms with Gasteiger partial charge in [0.25, 0.3) is 5.56 Å². The van der Waals surface area contributed by atoms with E-state index in [-0.39, 0.29) is 11.6 Å². The number of aromatic amines is 1. The molecule has 3 heterocycles. The molecule has 0 spiro atoms. The van der Waals surface area contributed by atoms with Crippen LogP contribution in [0.5, 0.6) is 0 Å². The molecule has 0 saturated carbocycles. The minimum absolute atomic E-state index is 0.131. The van der Waals surface area contributed by atoms with E-state index in [9.17, 15) is 4.79 Å². The summed E-state index contributed by atoms with van der Waals surface area (Å²) in [5, 5.41) is 7.31. The molecule has 1 fully saturated rings. The molecule has 1 aliphatic heterocycles. The molecule has 1 aromatic carbocycles. The summed E-state index contributed by atoms with van der Waals surface area (Å²) in [5.74, 6) is 0. The first-order valence-electron chi connectivity index (χ1n) is 8.56. The zero-order chi connectivity index (χ0) is 18.1. The maximum absolute atomic E-state index is 12.9. The minimum atomic E-state index is -0.131. The molecule has 0 atom stereocenters. The van der Waals surface area contributed by atoms with Gasteiger partial charge in [0.2, 0.25) is 0 Å². The molecule has 0 amide bonds. The number of benzene rings is 1. The van der Waals surface area contributed by atoms with Gasteiger partial charge < -0.3 is 5.32 Å². The normalized spacial score (nSPS) is 15.3. The van der Waals surface area contributed by atoms with Crippen molar-refractivity contribution in [3.8, 4) is 22.4 Å². The zero-order valence-corrected chi connectivity index (χ0v) is 15.5. The molecule has 1 saturated heterocycles. The lowest BCUT2D eigenvalue weighted by Crippen LogP contribution is -2.30. The molecular formula is C19H18Cl2N4O. The van der Waals surface area contributed by atoms with Crippen molar-refractivity contribution in [2.75, 3.05) is 13.1 Å². The van der Waals surface area contributed by atoms with Gasteiger partial charge in [-0.05, 0) is 55.8 Å². The van der Waals surface area contributed by atoms with Crippen molar-refractivity contribution in [3.05, 3.63) is 63.1 Å². The van der Waals surface area contributed by atoms with E-state index in [1.807, 2.05) is 22.9 Å². The van der Waals surface area contributed by atoms with Crippen LogP contribution in [0, 0.1) is 0 Å². The highest BCUT2D eigenvalue weighted by molar-refractivity contribution is 6.42. The van der Waals surface area contributed by atoms with Gasteiger partial charge in [0.15, 0.2) is 0 Å². The summed E-state index contributed by atoms with van der Waals surface area (Å²) < 4.78 is 2.01. The molecule has 0 unspecified atom stereocenters. The Hall–Kier alpha value is -2.08. The summed E-state index contributed by atoms with van der Waals surface area (Å²) in [6, 6.07) is 9.37. The smallest absolute Gasteiger partial charge is 0.272 e. The maximum Gasteiger partial charge on any atom is 0.272 e. The van der Waals surface area contributed by atoms with Crippen molar-refractivity contribution in [2.24, 2.45) is 0 Å². The van der Waals surface area contributed by atoms with Gasteiger partial charge in [-0.25, -0.2) is 0 Å². The third-order valence-electron chi connectivity index (χ3n) is 4.76. The van der Waals surface area contributed by atoms with Crippen LogP contribution in [-0.4, -0.2) is 27.9 Å². The summed E-state index contributed by atoms with van der Waals surface area (Å²) in [6.45, 7) is 1.87. The van der Waals surface area contributed by atoms with Crippen LogP contribution in [0.15, 0.2) is 47.5 Å². The molecule has 0 bridgehead atoms. The van der Waals surface area contributed by atoms with Gasteiger partial charge in [0.05, 0.1) is 27.3 Å². The molecular weight excluding hydrogens is 371 g/mol. The van der Waals surface area contributed by atoms with Crippen LogP contribution in [-0.2, 0) is 0 Å². The monoisotopic (exact) mass is 388 g/mol. The molecule has 4 rings (SSSR count). The standard InChI is InChI=1S/C19H18Cl2N4O/c20-15-2-1-13(11-16(15)21)17-18(12-3-7-22-8-4-12)25(24-19(17)26)14-5-9-23-10-6-14/h1-4,7-8,11,14,23H,5-6,9-10H2,(H,24,26). The van der Waals surface area contributed by atoms with Gasteiger partial charge in [-0.15, -0.1) is 0 Å². The summed E-state index contributed by atoms with van der Waals surface area (Å²) >= 11 is 12.3. The number of pyridine rings is 1. The molecule has 0 aliphatic carbocycles. The van der Waals surface area contributed by atoms with E-state index < -0.39 is 0 Å². The Kier molecular flexibility index (Phi) is 4.85. The molecule has 7 heteroatoms. The van der Waals surface area contributed by atoms with Crippen LogP contribution < -0.4 is 10.9 Å². The SMILES string of the molecule is O=c1[nH]n(C2CCNCC2)c(-c2ccncc2)c1-c1ccc(Cl)c(Cl)c1. The highest BCUT2D eigenvalue weighted by Gasteiger charge is 2.24. The summed E-state index contributed by atoms with van der Waals surface area (Å²) in [5.41, 5.74) is 3.03. The average Bonchev–Trinajstić information content (AvgIpc) is 3.03. The zero-order valence-electron chi connectivity index (χ0n) is 14.0. The van der Waals surface area contributed by atoms with Crippen molar-refractivity contribution in [1.29, 1.82) is 0 Å². The number of hydrogen-bond donors (Lipinski definition) is 2. The number of H-pyrrole nitrogens is 1. The van der Waals surface area contributed by atoms with Gasteiger partial charge in [0.1, 0.15) is 0 Å². The molecule has 5 nitrogen and oxygen atoms in total. The highest BCUT2D eigenvalue weighted by atomic mass is 35.5. The van der Waals surface area contributed by atoms with Crippen LogP contribution >= 0.6 is 23.2 Å². The number of nitrogens with zero attached hydrogens (tertiary/aromatic N) is 2. The fraction of sp³-hybridized carbons (Fsp3) is 0.263. The first-order valence-corrected chi connectivity index (χ1v) is 9.32. The molecule has 1 aliphatic rings. The van der Waals surface area contributed by atoms with Gasteiger partial charge >= 0.3 is 0 Å². The number of piperidine rings is 1. The largest absolute Gasteiger partial charge is 0.317 e. The second-order valence-corrected chi connectivity index (χ2v) is 7.19. The van der Waals surface area contributed by atoms with Crippen LogP contribution in [0.1, 0.15) is 18.9 Å². The molecule has 3 aromatic rings. The first-order chi connectivity index (χ1) is 12.6. The van der Waals surface area contributed by atoms with Crippen LogP contribution in [0.4, 0.5) is 0 Å². The van der Waals surface area contributed by atoms with Crippen molar-refractivity contribution >= 4 is 23.2 Å². The van der Waals surface area contributed by atoms with Gasteiger partial charge in [-0.3, -0.25) is 19.6 Å². The van der Waals surface area contributed by atoms with E-state index >= 15 is 0 Å². The van der Waals surface area contributed by atoms with E-state index in [4.69, 9.17) is 23.2 Å². The molecule has 0 radical (unpaired) electrons. The number of rotatable bonds is 3. The van der Waals surface area contributed by atoms with Crippen LogP contribution in [0.2, 0.25) is 10.0 Å². The predicted octanol–water partition coefficient (Wildman–Crippen LogP) is 4.14. The van der Waals surface area contributed by atoms with Crippen LogP contribution in [0.25, 0.3) is 22.4 Å². The highest BCUT2D eigenvalue weighted by Crippen LogP contribution is 2.35. The molecule has 2 N–H and O–H groups in total. The summed E-state index contributed by atoms with van der Waals surface area (Å²) in [6.07, 6.45) is 5.39. The minimum Gasteiger partial charge on any atom is -0.317 e. The van der Waals surface area contributed by atoms with Crippen molar-refractivity contribution in [3.63, 3.8) is 0 Å². The average molecular weight is 389 g/mol. The molecule has 134 valence electrons. The topological polar surface area (TPSA) is 62.7 Å². The number of aromatic nitrogens is 3. The second-order valence-electron chi connectivity index (χ2n) is 6.38. The quantitative estimate of drug-likeness (QED) is 0.708. The third kappa shape index (κ3) is 3.18. The fourth-order valence-corrected chi connectivity index (χ4v) is 3.80. The van der Waals surface area contributed by atoms with E-state index in [0.29, 0.717) is 15.6 Å². The second kappa shape index (κ2) is 7.27. The van der Waals surface area contributed by atoms with Gasteiger partial charge in [-0.1, -0.05) is 29.3 Å². The Morgan fingerprint density at radius 1 is 1.00 bits per heavy atom. The number of halogens is 2. The lowest BCUT2D eigenvalue weighted by molar-refractivity contribution is 0.345. The molecule has 26 heavy (non-hydrogen) atoms. The van der Waals surface area contributed by atoms with Crippen LogP contribution in [0.3, 0.4) is 0 Å².